The van der Waals surface area contributed by atoms with Crippen LogP contribution in [0.1, 0.15) is 25.5 Å². The van der Waals surface area contributed by atoms with Gasteiger partial charge in [-0.3, -0.25) is 10.1 Å². The maximum atomic E-state index is 10.9. The molecule has 0 spiro atoms. The van der Waals surface area contributed by atoms with E-state index >= 15 is 0 Å². The van der Waals surface area contributed by atoms with Crippen LogP contribution in [0.25, 0.3) is 0 Å². The number of nitrogens with zero attached hydrogens (tertiary/aromatic N) is 1. The summed E-state index contributed by atoms with van der Waals surface area (Å²) in [5, 5.41) is 14.1. The molecule has 0 aliphatic rings. The minimum Gasteiger partial charge on any atom is -0.380 e. The molecule has 0 aliphatic heterocycles. The van der Waals surface area contributed by atoms with E-state index in [9.17, 15) is 10.1 Å². The van der Waals surface area contributed by atoms with Gasteiger partial charge in [0.15, 0.2) is 0 Å². The zero-order chi connectivity index (χ0) is 12.8. The first-order valence-corrected chi connectivity index (χ1v) is 5.55. The van der Waals surface area contributed by atoms with E-state index in [1.54, 1.807) is 25.3 Å². The van der Waals surface area contributed by atoms with Crippen molar-refractivity contribution >= 4 is 5.69 Å². The Morgan fingerprint density at radius 1 is 1.41 bits per heavy atom. The predicted molar refractivity (Wildman–Crippen MR) is 66.0 cm³/mol. The minimum atomic E-state index is -0.354. The largest absolute Gasteiger partial charge is 0.380 e. The molecule has 1 aromatic rings. The second-order valence-electron chi connectivity index (χ2n) is 3.99. The molecule has 5 heteroatoms. The van der Waals surface area contributed by atoms with Gasteiger partial charge in [-0.15, -0.1) is 0 Å². The van der Waals surface area contributed by atoms with Crippen molar-refractivity contribution in [3.63, 3.8) is 0 Å². The number of nitrogens with one attached hydrogen (secondary N) is 1. The van der Waals surface area contributed by atoms with Gasteiger partial charge in [-0.25, -0.2) is 0 Å². The summed E-state index contributed by atoms with van der Waals surface area (Å²) in [6.45, 7) is 4.51. The lowest BCUT2D eigenvalue weighted by Gasteiger charge is -2.17. The average molecular weight is 238 g/mol. The van der Waals surface area contributed by atoms with Gasteiger partial charge in [0, 0.05) is 31.3 Å². The predicted octanol–water partition coefficient (Wildman–Crippen LogP) is 2.28. The number of hydrogen-bond acceptors (Lipinski definition) is 4. The molecule has 0 saturated heterocycles. The molecule has 0 fully saturated rings. The summed E-state index contributed by atoms with van der Waals surface area (Å²) in [5.74, 6) is 0. The van der Waals surface area contributed by atoms with Crippen LogP contribution in [0.2, 0.25) is 0 Å². The van der Waals surface area contributed by atoms with Crippen molar-refractivity contribution in [1.82, 2.24) is 5.32 Å². The Balaban J connectivity index is 2.74. The van der Waals surface area contributed by atoms with Gasteiger partial charge in [-0.2, -0.15) is 0 Å². The van der Waals surface area contributed by atoms with E-state index in [4.69, 9.17) is 4.74 Å². The molecular weight excluding hydrogens is 220 g/mol. The summed E-state index contributed by atoms with van der Waals surface area (Å²) >= 11 is 0. The Labute approximate surface area is 101 Å². The number of rotatable bonds is 6. The van der Waals surface area contributed by atoms with Crippen LogP contribution in [0, 0.1) is 10.1 Å². The van der Waals surface area contributed by atoms with Gasteiger partial charge in [0.2, 0.25) is 0 Å². The summed E-state index contributed by atoms with van der Waals surface area (Å²) in [6, 6.07) is 6.70. The van der Waals surface area contributed by atoms with E-state index in [2.05, 4.69) is 5.32 Å². The molecule has 2 unspecified atom stereocenters. The van der Waals surface area contributed by atoms with Gasteiger partial charge in [-0.05, 0) is 13.8 Å². The third-order valence-electron chi connectivity index (χ3n) is 2.71. The Morgan fingerprint density at radius 2 is 2.06 bits per heavy atom. The quantitative estimate of drug-likeness (QED) is 0.610. The monoisotopic (exact) mass is 238 g/mol. The molecule has 0 radical (unpaired) electrons. The van der Waals surface area contributed by atoms with Crippen LogP contribution < -0.4 is 5.32 Å². The van der Waals surface area contributed by atoms with Gasteiger partial charge in [0.1, 0.15) is 0 Å². The summed E-state index contributed by atoms with van der Waals surface area (Å²) in [5.41, 5.74) is 0.846. The molecule has 0 aromatic heterocycles. The van der Waals surface area contributed by atoms with Crippen molar-refractivity contribution in [2.45, 2.75) is 26.0 Å². The van der Waals surface area contributed by atoms with E-state index in [0.29, 0.717) is 12.1 Å². The second-order valence-corrected chi connectivity index (χ2v) is 3.99. The first-order valence-electron chi connectivity index (χ1n) is 5.55. The van der Waals surface area contributed by atoms with Crippen molar-refractivity contribution < 1.29 is 9.66 Å². The average Bonchev–Trinajstić information content (AvgIpc) is 2.35. The van der Waals surface area contributed by atoms with E-state index in [1.807, 2.05) is 13.8 Å². The summed E-state index contributed by atoms with van der Waals surface area (Å²) in [4.78, 5) is 10.5. The Kier molecular flexibility index (Phi) is 5.06. The minimum absolute atomic E-state index is 0.0748. The number of nitro benzene ring substituents is 1. The molecule has 17 heavy (non-hydrogen) atoms. The van der Waals surface area contributed by atoms with Crippen LogP contribution in [0.4, 0.5) is 5.69 Å². The number of para-hydroxylation sites is 1. The van der Waals surface area contributed by atoms with Crippen LogP contribution in [-0.4, -0.2) is 24.7 Å². The van der Waals surface area contributed by atoms with Crippen LogP contribution in [-0.2, 0) is 4.74 Å². The lowest BCUT2D eigenvalue weighted by Crippen LogP contribution is -2.28. The Hall–Kier alpha value is -1.46. The molecule has 0 heterocycles. The number of methoxy groups -OCH3 is 1. The van der Waals surface area contributed by atoms with E-state index in [0.717, 1.165) is 0 Å². The molecule has 0 bridgehead atoms. The highest BCUT2D eigenvalue weighted by atomic mass is 16.6. The Bertz CT molecular complexity index is 382. The lowest BCUT2D eigenvalue weighted by molar-refractivity contribution is -0.385. The van der Waals surface area contributed by atoms with Crippen molar-refractivity contribution in [1.29, 1.82) is 0 Å². The lowest BCUT2D eigenvalue weighted by atomic mass is 10.1. The highest BCUT2D eigenvalue weighted by Crippen LogP contribution is 2.24. The zero-order valence-electron chi connectivity index (χ0n) is 10.3. The molecule has 0 aliphatic carbocycles. The Morgan fingerprint density at radius 3 is 2.65 bits per heavy atom. The molecule has 94 valence electrons. The standard InChI is InChI=1S/C12H18N2O3/c1-9(17-3)8-13-10(2)11-6-4-5-7-12(11)14(15)16/h4-7,9-10,13H,8H2,1-3H3. The first-order chi connectivity index (χ1) is 8.06. The maximum absolute atomic E-state index is 10.9. The van der Waals surface area contributed by atoms with Gasteiger partial charge >= 0.3 is 0 Å². The van der Waals surface area contributed by atoms with Crippen molar-refractivity contribution in [2.24, 2.45) is 0 Å². The highest BCUT2D eigenvalue weighted by molar-refractivity contribution is 5.41. The summed E-state index contributed by atoms with van der Waals surface area (Å²) in [7, 11) is 1.64. The molecule has 0 saturated carbocycles. The van der Waals surface area contributed by atoms with Gasteiger partial charge in [-0.1, -0.05) is 18.2 Å². The third-order valence-corrected chi connectivity index (χ3v) is 2.71. The van der Waals surface area contributed by atoms with Crippen molar-refractivity contribution in [3.05, 3.63) is 39.9 Å². The molecular formula is C12H18N2O3. The SMILES string of the molecule is COC(C)CNC(C)c1ccccc1[N+](=O)[O-]. The maximum Gasteiger partial charge on any atom is 0.274 e. The topological polar surface area (TPSA) is 64.4 Å². The fraction of sp³-hybridized carbons (Fsp3) is 0.500. The van der Waals surface area contributed by atoms with Gasteiger partial charge in [0.25, 0.3) is 5.69 Å². The number of hydrogen-bond donors (Lipinski definition) is 1. The van der Waals surface area contributed by atoms with Crippen LogP contribution in [0.3, 0.4) is 0 Å². The van der Waals surface area contributed by atoms with Crippen LogP contribution in [0.5, 0.6) is 0 Å². The van der Waals surface area contributed by atoms with Crippen molar-refractivity contribution in [3.8, 4) is 0 Å². The number of ether oxygens (including phenoxy) is 1. The smallest absolute Gasteiger partial charge is 0.274 e. The third kappa shape index (κ3) is 3.80. The van der Waals surface area contributed by atoms with Gasteiger partial charge in [0.05, 0.1) is 11.0 Å². The van der Waals surface area contributed by atoms with E-state index < -0.39 is 0 Å². The fourth-order valence-electron chi connectivity index (χ4n) is 1.56. The molecule has 1 rings (SSSR count). The first kappa shape index (κ1) is 13.6. The summed E-state index contributed by atoms with van der Waals surface area (Å²) < 4.78 is 5.12. The molecule has 2 atom stereocenters. The van der Waals surface area contributed by atoms with Crippen LogP contribution in [0.15, 0.2) is 24.3 Å². The zero-order valence-corrected chi connectivity index (χ0v) is 10.3. The summed E-state index contributed by atoms with van der Waals surface area (Å²) in [6.07, 6.45) is 0.0835. The second kappa shape index (κ2) is 6.32. The molecule has 5 nitrogen and oxygen atoms in total. The molecule has 1 aromatic carbocycles. The fourth-order valence-corrected chi connectivity index (χ4v) is 1.56. The number of nitro groups is 1. The van der Waals surface area contributed by atoms with Crippen LogP contribution >= 0.6 is 0 Å². The van der Waals surface area contributed by atoms with Crippen molar-refractivity contribution in [2.75, 3.05) is 13.7 Å². The highest BCUT2D eigenvalue weighted by Gasteiger charge is 2.17. The van der Waals surface area contributed by atoms with E-state index in [1.165, 1.54) is 6.07 Å². The molecule has 0 amide bonds. The van der Waals surface area contributed by atoms with Gasteiger partial charge < -0.3 is 10.1 Å². The molecule has 1 N–H and O–H groups in total. The normalized spacial score (nSPS) is 14.3. The number of benzene rings is 1. The van der Waals surface area contributed by atoms with E-state index in [-0.39, 0.29) is 22.8 Å².